The van der Waals surface area contributed by atoms with Gasteiger partial charge in [0.1, 0.15) is 0 Å². The molecule has 7 heteroatoms. The molecule has 0 aromatic carbocycles. The Morgan fingerprint density at radius 3 is 2.50 bits per heavy atom. The molecule has 126 valence electrons. The Hall–Kier alpha value is -0.680. The summed E-state index contributed by atoms with van der Waals surface area (Å²) in [5.74, 6) is -0.288. The number of nitriles is 1. The molecule has 0 N–H and O–H groups in total. The highest BCUT2D eigenvalue weighted by atomic mass is 32.2. The highest BCUT2D eigenvalue weighted by Crippen LogP contribution is 2.23. The second kappa shape index (κ2) is 7.73. The Balaban J connectivity index is 1.95. The van der Waals surface area contributed by atoms with Crippen LogP contribution < -0.4 is 0 Å². The lowest BCUT2D eigenvalue weighted by molar-refractivity contribution is 0.222. The summed E-state index contributed by atoms with van der Waals surface area (Å²) < 4.78 is 28.2. The van der Waals surface area contributed by atoms with E-state index in [1.165, 1.54) is 17.1 Å². The molecule has 0 unspecified atom stereocenters. The monoisotopic (exact) mass is 328 g/mol. The molecule has 22 heavy (non-hydrogen) atoms. The fraction of sp³-hybridized carbons (Fsp3) is 0.933. The molecule has 2 rings (SSSR count). The van der Waals surface area contributed by atoms with E-state index in [2.05, 4.69) is 11.0 Å². The first-order chi connectivity index (χ1) is 10.4. The zero-order valence-electron chi connectivity index (χ0n) is 13.7. The van der Waals surface area contributed by atoms with Crippen LogP contribution in [0.5, 0.6) is 0 Å². The lowest BCUT2D eigenvalue weighted by atomic mass is 10.1. The second-order valence-corrected chi connectivity index (χ2v) is 8.58. The zero-order chi connectivity index (χ0) is 16.2. The van der Waals surface area contributed by atoms with Gasteiger partial charge in [-0.2, -0.15) is 22.3 Å². The van der Waals surface area contributed by atoms with Crippen LogP contribution in [0, 0.1) is 17.2 Å². The fourth-order valence-corrected chi connectivity index (χ4v) is 4.98. The molecule has 2 atom stereocenters. The van der Waals surface area contributed by atoms with Gasteiger partial charge in [-0.05, 0) is 52.1 Å². The van der Waals surface area contributed by atoms with Crippen molar-refractivity contribution < 1.29 is 8.42 Å². The Labute approximate surface area is 134 Å². The van der Waals surface area contributed by atoms with Crippen LogP contribution in [0.1, 0.15) is 39.0 Å². The number of hydrogen-bond acceptors (Lipinski definition) is 4. The molecule has 0 spiro atoms. The van der Waals surface area contributed by atoms with Crippen LogP contribution in [0.2, 0.25) is 0 Å². The number of likely N-dealkylation sites (tertiary alicyclic amines) is 1. The standard InChI is InChI=1S/C15H28N4O2S/c1-14(12-16)13-17(2)22(20,21)19-10-5-6-15(7-11-19)18-8-3-4-9-18/h14-15H,3-11,13H2,1-2H3/t14-,15-/m1/s1. The Morgan fingerprint density at radius 2 is 1.86 bits per heavy atom. The van der Waals surface area contributed by atoms with Gasteiger partial charge in [-0.25, -0.2) is 0 Å². The minimum atomic E-state index is -3.44. The molecule has 0 saturated carbocycles. The summed E-state index contributed by atoms with van der Waals surface area (Å²) in [4.78, 5) is 2.53. The maximum atomic E-state index is 12.6. The third-order valence-corrected chi connectivity index (χ3v) is 6.74. The Morgan fingerprint density at radius 1 is 1.18 bits per heavy atom. The van der Waals surface area contributed by atoms with Crippen LogP contribution in [-0.4, -0.2) is 67.7 Å². The van der Waals surface area contributed by atoms with Crippen LogP contribution in [0.15, 0.2) is 0 Å². The van der Waals surface area contributed by atoms with Gasteiger partial charge < -0.3 is 4.90 Å². The molecular weight excluding hydrogens is 300 g/mol. The van der Waals surface area contributed by atoms with Gasteiger partial charge in [0.05, 0.1) is 12.0 Å². The van der Waals surface area contributed by atoms with E-state index in [1.807, 2.05) is 0 Å². The van der Waals surface area contributed by atoms with Crippen molar-refractivity contribution in [3.63, 3.8) is 0 Å². The quantitative estimate of drug-likeness (QED) is 0.762. The highest BCUT2D eigenvalue weighted by molar-refractivity contribution is 7.86. The summed E-state index contributed by atoms with van der Waals surface area (Å²) in [7, 11) is -1.87. The van der Waals surface area contributed by atoms with E-state index in [0.29, 0.717) is 19.1 Å². The summed E-state index contributed by atoms with van der Waals surface area (Å²) in [5, 5.41) is 8.87. The second-order valence-electron chi connectivity index (χ2n) is 6.55. The van der Waals surface area contributed by atoms with Crippen molar-refractivity contribution in [1.29, 1.82) is 5.26 Å². The van der Waals surface area contributed by atoms with Crippen molar-refractivity contribution >= 4 is 10.2 Å². The van der Waals surface area contributed by atoms with E-state index < -0.39 is 10.2 Å². The third-order valence-electron chi connectivity index (χ3n) is 4.79. The van der Waals surface area contributed by atoms with E-state index >= 15 is 0 Å². The molecule has 0 bridgehead atoms. The minimum absolute atomic E-state index is 0.255. The van der Waals surface area contributed by atoms with Crippen molar-refractivity contribution in [2.24, 2.45) is 5.92 Å². The van der Waals surface area contributed by atoms with Crippen LogP contribution in [0.25, 0.3) is 0 Å². The Kier molecular flexibility index (Phi) is 6.21. The third kappa shape index (κ3) is 4.19. The van der Waals surface area contributed by atoms with Gasteiger partial charge in [0.2, 0.25) is 0 Å². The van der Waals surface area contributed by atoms with E-state index in [4.69, 9.17) is 5.26 Å². The van der Waals surface area contributed by atoms with Crippen molar-refractivity contribution in [1.82, 2.24) is 13.5 Å². The van der Waals surface area contributed by atoms with Crippen LogP contribution in [0.3, 0.4) is 0 Å². The average Bonchev–Trinajstić information content (AvgIpc) is 2.91. The normalized spacial score (nSPS) is 26.7. The van der Waals surface area contributed by atoms with Crippen LogP contribution in [0.4, 0.5) is 0 Å². The molecule has 2 saturated heterocycles. The van der Waals surface area contributed by atoms with E-state index in [9.17, 15) is 8.42 Å². The minimum Gasteiger partial charge on any atom is -0.300 e. The maximum absolute atomic E-state index is 12.6. The van der Waals surface area contributed by atoms with E-state index in [-0.39, 0.29) is 12.5 Å². The number of hydrogen-bond donors (Lipinski definition) is 0. The van der Waals surface area contributed by atoms with Gasteiger partial charge in [-0.3, -0.25) is 0 Å². The van der Waals surface area contributed by atoms with Gasteiger partial charge in [-0.1, -0.05) is 0 Å². The topological polar surface area (TPSA) is 67.6 Å². The molecule has 0 radical (unpaired) electrons. The van der Waals surface area contributed by atoms with Gasteiger partial charge in [-0.15, -0.1) is 0 Å². The molecule has 0 amide bonds. The Bertz CT molecular complexity index is 496. The maximum Gasteiger partial charge on any atom is 0.281 e. The summed E-state index contributed by atoms with van der Waals surface area (Å²) in [5.41, 5.74) is 0. The fourth-order valence-electron chi connectivity index (χ4n) is 3.47. The predicted molar refractivity (Wildman–Crippen MR) is 86.3 cm³/mol. The molecule has 6 nitrogen and oxygen atoms in total. The number of rotatable bonds is 5. The molecule has 2 aliphatic heterocycles. The summed E-state index contributed by atoms with van der Waals surface area (Å²) >= 11 is 0. The molecule has 2 fully saturated rings. The molecule has 2 aliphatic rings. The molecule has 0 aliphatic carbocycles. The van der Waals surface area contributed by atoms with Gasteiger partial charge in [0.25, 0.3) is 10.2 Å². The average molecular weight is 328 g/mol. The zero-order valence-corrected chi connectivity index (χ0v) is 14.6. The predicted octanol–water partition coefficient (Wildman–Crippen LogP) is 1.27. The first-order valence-electron chi connectivity index (χ1n) is 8.30. The highest BCUT2D eigenvalue weighted by Gasteiger charge is 2.32. The van der Waals surface area contributed by atoms with E-state index in [1.54, 1.807) is 18.3 Å². The summed E-state index contributed by atoms with van der Waals surface area (Å²) in [6, 6.07) is 2.63. The van der Waals surface area contributed by atoms with Crippen LogP contribution in [-0.2, 0) is 10.2 Å². The first-order valence-corrected chi connectivity index (χ1v) is 9.70. The molecule has 0 aromatic heterocycles. The van der Waals surface area contributed by atoms with Crippen molar-refractivity contribution in [3.8, 4) is 6.07 Å². The largest absolute Gasteiger partial charge is 0.300 e. The SMILES string of the molecule is C[C@H](C#N)CN(C)S(=O)(=O)N1CCC[C@@H](N2CCCC2)CC1. The van der Waals surface area contributed by atoms with Crippen molar-refractivity contribution in [2.75, 3.05) is 39.8 Å². The summed E-state index contributed by atoms with van der Waals surface area (Å²) in [6.45, 7) is 5.52. The van der Waals surface area contributed by atoms with Gasteiger partial charge >= 0.3 is 0 Å². The summed E-state index contributed by atoms with van der Waals surface area (Å²) in [6.07, 6.45) is 5.47. The lowest BCUT2D eigenvalue weighted by Gasteiger charge is -2.28. The van der Waals surface area contributed by atoms with Crippen LogP contribution >= 0.6 is 0 Å². The molecule has 2 heterocycles. The van der Waals surface area contributed by atoms with Crippen molar-refractivity contribution in [2.45, 2.75) is 45.1 Å². The van der Waals surface area contributed by atoms with Gasteiger partial charge in [0.15, 0.2) is 0 Å². The first kappa shape index (κ1) is 17.7. The molecular formula is C15H28N4O2S. The molecule has 0 aromatic rings. The smallest absolute Gasteiger partial charge is 0.281 e. The lowest BCUT2D eigenvalue weighted by Crippen LogP contribution is -2.44. The van der Waals surface area contributed by atoms with E-state index in [0.717, 1.165) is 32.4 Å². The van der Waals surface area contributed by atoms with Crippen molar-refractivity contribution in [3.05, 3.63) is 0 Å². The van der Waals surface area contributed by atoms with Gasteiger partial charge in [0, 0.05) is 32.7 Å². The number of nitrogens with zero attached hydrogens (tertiary/aromatic N) is 4.